The molecule has 1 N–H and O–H groups in total. The van der Waals surface area contributed by atoms with Gasteiger partial charge < -0.3 is 9.88 Å². The van der Waals surface area contributed by atoms with Crippen LogP contribution in [0.5, 0.6) is 0 Å². The SMILES string of the molecule is O=C1NC(=Nc2cccc(Cl)c2Cl)S/C1=C/c1ccc2c(ccn2Cc2cccc(F)c2)c1. The lowest BCUT2D eigenvalue weighted by atomic mass is 10.1. The summed E-state index contributed by atoms with van der Waals surface area (Å²) in [6, 6.07) is 19.7. The number of hydrogen-bond acceptors (Lipinski definition) is 3. The molecule has 0 bridgehead atoms. The van der Waals surface area contributed by atoms with E-state index in [4.69, 9.17) is 23.2 Å². The molecular weight excluding hydrogens is 480 g/mol. The molecule has 0 radical (unpaired) electrons. The Morgan fingerprint density at radius 1 is 1.06 bits per heavy atom. The van der Waals surface area contributed by atoms with Gasteiger partial charge in [-0.3, -0.25) is 4.79 Å². The molecular formula is C25H16Cl2FN3OS. The van der Waals surface area contributed by atoms with Crippen LogP contribution in [-0.2, 0) is 11.3 Å². The van der Waals surface area contributed by atoms with E-state index in [-0.39, 0.29) is 11.7 Å². The molecule has 2 heterocycles. The largest absolute Gasteiger partial charge is 0.343 e. The molecule has 0 unspecified atom stereocenters. The molecule has 0 atom stereocenters. The number of aromatic nitrogens is 1. The lowest BCUT2D eigenvalue weighted by Gasteiger charge is -2.06. The highest BCUT2D eigenvalue weighted by atomic mass is 35.5. The van der Waals surface area contributed by atoms with Crippen LogP contribution in [0.3, 0.4) is 0 Å². The van der Waals surface area contributed by atoms with Gasteiger partial charge >= 0.3 is 0 Å². The number of fused-ring (bicyclic) bond motifs is 1. The second kappa shape index (κ2) is 9.06. The maximum absolute atomic E-state index is 13.5. The molecule has 0 spiro atoms. The minimum Gasteiger partial charge on any atom is -0.343 e. The number of amides is 1. The van der Waals surface area contributed by atoms with Crippen LogP contribution in [0.15, 0.2) is 82.8 Å². The summed E-state index contributed by atoms with van der Waals surface area (Å²) in [4.78, 5) is 17.4. The minimum absolute atomic E-state index is 0.222. The molecule has 0 aliphatic carbocycles. The molecule has 0 saturated carbocycles. The molecule has 1 aromatic heterocycles. The summed E-state index contributed by atoms with van der Waals surface area (Å²) in [6.45, 7) is 0.575. The van der Waals surface area contributed by atoms with Gasteiger partial charge in [0.1, 0.15) is 5.82 Å². The minimum atomic E-state index is -0.245. The van der Waals surface area contributed by atoms with Crippen LogP contribution in [0.25, 0.3) is 17.0 Å². The van der Waals surface area contributed by atoms with E-state index in [2.05, 4.69) is 14.9 Å². The van der Waals surface area contributed by atoms with Crippen molar-refractivity contribution in [1.29, 1.82) is 0 Å². The van der Waals surface area contributed by atoms with E-state index < -0.39 is 0 Å². The fourth-order valence-corrected chi connectivity index (χ4v) is 4.77. The van der Waals surface area contributed by atoms with E-state index in [1.54, 1.807) is 24.3 Å². The summed E-state index contributed by atoms with van der Waals surface area (Å²) in [5, 5.41) is 4.98. The number of benzene rings is 3. The van der Waals surface area contributed by atoms with Crippen molar-refractivity contribution < 1.29 is 9.18 Å². The molecule has 4 aromatic rings. The molecule has 1 aliphatic heterocycles. The predicted molar refractivity (Wildman–Crippen MR) is 135 cm³/mol. The number of nitrogens with zero attached hydrogens (tertiary/aromatic N) is 2. The van der Waals surface area contributed by atoms with Gasteiger partial charge in [-0.05, 0) is 71.4 Å². The number of nitrogens with one attached hydrogen (secondary N) is 1. The van der Waals surface area contributed by atoms with Gasteiger partial charge in [-0.1, -0.05) is 47.5 Å². The third-order valence-electron chi connectivity index (χ3n) is 5.14. The average molecular weight is 496 g/mol. The highest BCUT2D eigenvalue weighted by Crippen LogP contribution is 2.34. The molecule has 1 amide bonds. The number of thioether (sulfide) groups is 1. The molecule has 5 rings (SSSR count). The smallest absolute Gasteiger partial charge is 0.264 e. The molecule has 8 heteroatoms. The molecule has 3 aromatic carbocycles. The summed E-state index contributed by atoms with van der Waals surface area (Å²) in [7, 11) is 0. The molecule has 1 saturated heterocycles. The second-order valence-corrected chi connectivity index (χ2v) is 9.26. The van der Waals surface area contributed by atoms with Gasteiger partial charge in [0.2, 0.25) is 0 Å². The van der Waals surface area contributed by atoms with Crippen molar-refractivity contribution in [2.45, 2.75) is 6.54 Å². The maximum Gasteiger partial charge on any atom is 0.264 e. The van der Waals surface area contributed by atoms with Gasteiger partial charge in [0, 0.05) is 23.6 Å². The Hall–Kier alpha value is -3.06. The number of halogens is 3. The van der Waals surface area contributed by atoms with Crippen molar-refractivity contribution in [2.24, 2.45) is 4.99 Å². The van der Waals surface area contributed by atoms with Gasteiger partial charge in [-0.15, -0.1) is 0 Å². The monoisotopic (exact) mass is 495 g/mol. The first kappa shape index (κ1) is 21.8. The Morgan fingerprint density at radius 3 is 2.76 bits per heavy atom. The molecule has 4 nitrogen and oxygen atoms in total. The fourth-order valence-electron chi connectivity index (χ4n) is 3.60. The molecule has 33 heavy (non-hydrogen) atoms. The standard InChI is InChI=1S/C25H16Cl2FN3OS/c26-19-5-2-6-20(23(19)27)29-25-30-24(32)22(33-25)13-15-7-8-21-17(11-15)9-10-31(21)14-16-3-1-4-18(28)12-16/h1-13H,14H2,(H,29,30,32)/b22-13+. The molecule has 164 valence electrons. The van der Waals surface area contributed by atoms with Gasteiger partial charge in [0.15, 0.2) is 5.17 Å². The van der Waals surface area contributed by atoms with Crippen LogP contribution in [0.4, 0.5) is 10.1 Å². The lowest BCUT2D eigenvalue weighted by molar-refractivity contribution is -0.115. The van der Waals surface area contributed by atoms with E-state index >= 15 is 0 Å². The number of rotatable bonds is 4. The van der Waals surface area contributed by atoms with Crippen molar-refractivity contribution in [3.63, 3.8) is 0 Å². The van der Waals surface area contributed by atoms with E-state index in [9.17, 15) is 9.18 Å². The Bertz CT molecular complexity index is 1460. The van der Waals surface area contributed by atoms with E-state index in [1.165, 1.54) is 23.9 Å². The highest BCUT2D eigenvalue weighted by Gasteiger charge is 2.24. The molecule has 1 fully saturated rings. The van der Waals surface area contributed by atoms with Crippen molar-refractivity contribution in [2.75, 3.05) is 0 Å². The zero-order valence-electron chi connectivity index (χ0n) is 17.1. The Kier molecular flexibility index (Phi) is 5.98. The summed E-state index contributed by atoms with van der Waals surface area (Å²) >= 11 is 13.5. The number of hydrogen-bond donors (Lipinski definition) is 1. The van der Waals surface area contributed by atoms with Gasteiger partial charge in [0.05, 0.1) is 20.6 Å². The van der Waals surface area contributed by atoms with Gasteiger partial charge in [-0.25, -0.2) is 9.38 Å². The zero-order valence-corrected chi connectivity index (χ0v) is 19.4. The van der Waals surface area contributed by atoms with Crippen LogP contribution in [-0.4, -0.2) is 15.6 Å². The Labute approximate surface area is 203 Å². The first-order valence-corrected chi connectivity index (χ1v) is 11.6. The van der Waals surface area contributed by atoms with Crippen LogP contribution in [0, 0.1) is 5.82 Å². The predicted octanol–water partition coefficient (Wildman–Crippen LogP) is 7.03. The lowest BCUT2D eigenvalue weighted by Crippen LogP contribution is -2.19. The highest BCUT2D eigenvalue weighted by molar-refractivity contribution is 8.18. The van der Waals surface area contributed by atoms with E-state index in [1.807, 2.05) is 42.6 Å². The van der Waals surface area contributed by atoms with Gasteiger partial charge in [-0.2, -0.15) is 0 Å². The zero-order chi connectivity index (χ0) is 22.9. The van der Waals surface area contributed by atoms with E-state index in [0.29, 0.717) is 32.4 Å². The van der Waals surface area contributed by atoms with Crippen LogP contribution in [0.2, 0.25) is 10.0 Å². The van der Waals surface area contributed by atoms with Crippen LogP contribution < -0.4 is 5.32 Å². The average Bonchev–Trinajstić information content (AvgIpc) is 3.34. The fraction of sp³-hybridized carbons (Fsp3) is 0.0400. The van der Waals surface area contributed by atoms with Crippen molar-refractivity contribution in [3.05, 3.63) is 105 Å². The molecule has 1 aliphatic rings. The first-order chi connectivity index (χ1) is 16.0. The maximum atomic E-state index is 13.5. The third-order valence-corrected chi connectivity index (χ3v) is 6.86. The quantitative estimate of drug-likeness (QED) is 0.309. The topological polar surface area (TPSA) is 46.4 Å². The normalized spacial score (nSPS) is 16.2. The number of aliphatic imine (C=N–C) groups is 1. The number of carbonyl (C=O) groups is 1. The number of carbonyl (C=O) groups excluding carboxylic acids is 1. The first-order valence-electron chi connectivity index (χ1n) is 10.0. The van der Waals surface area contributed by atoms with Crippen LogP contribution in [0.1, 0.15) is 11.1 Å². The van der Waals surface area contributed by atoms with Crippen molar-refractivity contribution in [3.8, 4) is 0 Å². The Balaban J connectivity index is 1.38. The summed E-state index contributed by atoms with van der Waals surface area (Å²) in [5.41, 5.74) is 3.31. The summed E-state index contributed by atoms with van der Waals surface area (Å²) in [6.07, 6.45) is 3.80. The number of amidine groups is 1. The summed E-state index contributed by atoms with van der Waals surface area (Å²) in [5.74, 6) is -0.466. The van der Waals surface area contributed by atoms with Crippen molar-refractivity contribution in [1.82, 2.24) is 9.88 Å². The summed E-state index contributed by atoms with van der Waals surface area (Å²) < 4.78 is 15.6. The van der Waals surface area contributed by atoms with Gasteiger partial charge in [0.25, 0.3) is 5.91 Å². The second-order valence-electron chi connectivity index (χ2n) is 7.45. The third kappa shape index (κ3) is 4.69. The van der Waals surface area contributed by atoms with E-state index in [0.717, 1.165) is 22.0 Å². The van der Waals surface area contributed by atoms with Crippen molar-refractivity contribution >= 4 is 68.7 Å². The van der Waals surface area contributed by atoms with Crippen LogP contribution >= 0.6 is 35.0 Å². The Morgan fingerprint density at radius 2 is 1.91 bits per heavy atom.